The minimum absolute atomic E-state index is 0.143. The molecule has 1 N–H and O–H groups in total. The Morgan fingerprint density at radius 1 is 1.00 bits per heavy atom. The van der Waals surface area contributed by atoms with Gasteiger partial charge in [0.15, 0.2) is 0 Å². The van der Waals surface area contributed by atoms with E-state index < -0.39 is 34.0 Å². The summed E-state index contributed by atoms with van der Waals surface area (Å²) in [6.07, 6.45) is 0.399. The van der Waals surface area contributed by atoms with Crippen LogP contribution in [0, 0.1) is 6.92 Å². The Kier molecular flexibility index (Phi) is 4.24. The van der Waals surface area contributed by atoms with Crippen LogP contribution in [0.4, 0.5) is 10.5 Å². The number of nitrogens with one attached hydrogen (secondary N) is 1. The summed E-state index contributed by atoms with van der Waals surface area (Å²) in [5, 5.41) is 2.78. The first-order valence-electron chi connectivity index (χ1n) is 8.67. The average molecular weight is 385 g/mol. The molecule has 2 fully saturated rings. The first-order chi connectivity index (χ1) is 12.9. The quantitative estimate of drug-likeness (QED) is 0.874. The Morgan fingerprint density at radius 3 is 2.33 bits per heavy atom. The number of amides is 3. The Labute approximate surface area is 157 Å². The number of imide groups is 1. The van der Waals surface area contributed by atoms with E-state index >= 15 is 0 Å². The van der Waals surface area contributed by atoms with E-state index in [1.807, 2.05) is 6.92 Å². The smallest absolute Gasteiger partial charge is 0.329 e. The molecule has 0 aromatic heterocycles. The van der Waals surface area contributed by atoms with Gasteiger partial charge in [-0.2, -0.15) is 4.31 Å². The number of carbonyl (C=O) groups is 2. The van der Waals surface area contributed by atoms with Gasteiger partial charge in [-0.1, -0.05) is 35.9 Å². The number of fused-ring (bicyclic) bond motifs is 1. The molecule has 8 heteroatoms. The van der Waals surface area contributed by atoms with Gasteiger partial charge in [0.25, 0.3) is 5.91 Å². The highest BCUT2D eigenvalue weighted by atomic mass is 32.2. The van der Waals surface area contributed by atoms with Crippen molar-refractivity contribution < 1.29 is 18.0 Å². The highest BCUT2D eigenvalue weighted by Crippen LogP contribution is 2.31. The number of urea groups is 1. The molecule has 0 saturated carbocycles. The van der Waals surface area contributed by atoms with Gasteiger partial charge in [0.1, 0.15) is 6.04 Å². The normalized spacial score (nSPS) is 23.2. The number of sulfonamides is 1. The monoisotopic (exact) mass is 385 g/mol. The lowest BCUT2D eigenvalue weighted by Gasteiger charge is -2.36. The van der Waals surface area contributed by atoms with Crippen molar-refractivity contribution in [1.29, 1.82) is 0 Å². The highest BCUT2D eigenvalue weighted by Gasteiger charge is 2.52. The van der Waals surface area contributed by atoms with Crippen LogP contribution in [0.5, 0.6) is 0 Å². The maximum Gasteiger partial charge on any atom is 0.329 e. The molecule has 27 heavy (non-hydrogen) atoms. The summed E-state index contributed by atoms with van der Waals surface area (Å²) in [6.45, 7) is 2.06. The average Bonchev–Trinajstić information content (AvgIpc) is 3.08. The summed E-state index contributed by atoms with van der Waals surface area (Å²) in [4.78, 5) is 26.7. The number of carbonyl (C=O) groups excluding carboxylic acids is 2. The van der Waals surface area contributed by atoms with Gasteiger partial charge in [0.05, 0.1) is 16.6 Å². The van der Waals surface area contributed by atoms with Crippen LogP contribution in [0.15, 0.2) is 59.5 Å². The summed E-state index contributed by atoms with van der Waals surface area (Å²) in [7, 11) is -3.85. The molecule has 2 aliphatic heterocycles. The molecular formula is C19H19N3O4S. The minimum Gasteiger partial charge on any atom is -0.332 e. The summed E-state index contributed by atoms with van der Waals surface area (Å²) in [5.74, 6) is -0.525. The van der Waals surface area contributed by atoms with Crippen LogP contribution in [-0.4, -0.2) is 43.3 Å². The van der Waals surface area contributed by atoms with E-state index in [0.29, 0.717) is 12.1 Å². The van der Waals surface area contributed by atoms with Crippen LogP contribution in [-0.2, 0) is 14.8 Å². The molecule has 0 bridgehead atoms. The molecule has 2 aliphatic rings. The third kappa shape index (κ3) is 2.90. The molecule has 4 rings (SSSR count). The number of hydrogen-bond acceptors (Lipinski definition) is 4. The van der Waals surface area contributed by atoms with Gasteiger partial charge in [0.2, 0.25) is 10.0 Å². The van der Waals surface area contributed by atoms with Gasteiger partial charge < -0.3 is 5.32 Å². The Bertz CT molecular complexity index is 989. The first-order valence-corrected chi connectivity index (χ1v) is 10.1. The largest absolute Gasteiger partial charge is 0.332 e. The summed E-state index contributed by atoms with van der Waals surface area (Å²) in [6, 6.07) is 13.0. The van der Waals surface area contributed by atoms with Gasteiger partial charge in [-0.3, -0.25) is 4.79 Å². The van der Waals surface area contributed by atoms with E-state index in [4.69, 9.17) is 0 Å². The number of hydrogen-bond donors (Lipinski definition) is 1. The molecule has 2 heterocycles. The molecule has 140 valence electrons. The molecule has 2 aromatic rings. The van der Waals surface area contributed by atoms with E-state index in [-0.39, 0.29) is 11.4 Å². The van der Waals surface area contributed by atoms with Crippen LogP contribution >= 0.6 is 0 Å². The van der Waals surface area contributed by atoms with Crippen LogP contribution in [0.3, 0.4) is 0 Å². The van der Waals surface area contributed by atoms with Gasteiger partial charge in [0, 0.05) is 6.54 Å². The second-order valence-corrected chi connectivity index (χ2v) is 8.62. The van der Waals surface area contributed by atoms with Crippen LogP contribution in [0.2, 0.25) is 0 Å². The van der Waals surface area contributed by atoms with Crippen molar-refractivity contribution >= 4 is 27.6 Å². The maximum atomic E-state index is 13.1. The van der Waals surface area contributed by atoms with Gasteiger partial charge in [-0.15, -0.1) is 0 Å². The molecule has 2 saturated heterocycles. The predicted molar refractivity (Wildman–Crippen MR) is 99.7 cm³/mol. The van der Waals surface area contributed by atoms with Gasteiger partial charge >= 0.3 is 6.03 Å². The second-order valence-electron chi connectivity index (χ2n) is 6.73. The Hall–Kier alpha value is -2.71. The highest BCUT2D eigenvalue weighted by molar-refractivity contribution is 7.89. The zero-order chi connectivity index (χ0) is 19.2. The van der Waals surface area contributed by atoms with E-state index in [2.05, 4.69) is 5.32 Å². The molecule has 0 radical (unpaired) electrons. The maximum absolute atomic E-state index is 13.1. The lowest BCUT2D eigenvalue weighted by atomic mass is 10.1. The zero-order valence-electron chi connectivity index (χ0n) is 14.7. The van der Waals surface area contributed by atoms with Crippen molar-refractivity contribution in [2.24, 2.45) is 0 Å². The lowest BCUT2D eigenvalue weighted by molar-refractivity contribution is -0.122. The third-order valence-electron chi connectivity index (χ3n) is 4.98. The van der Waals surface area contributed by atoms with E-state index in [1.54, 1.807) is 54.6 Å². The standard InChI is InChI=1S/C19H19N3O4S/c1-13-7-9-15(10-8-13)27(25,26)21-12-11-16-17(21)18(23)22(19(24)20-16)14-5-3-2-4-6-14/h2-10,16-17H,11-12H2,1H3,(H,20,24)/t16-,17+/m1/s1. The summed E-state index contributed by atoms with van der Waals surface area (Å²) in [5.41, 5.74) is 1.36. The van der Waals surface area contributed by atoms with Crippen molar-refractivity contribution in [1.82, 2.24) is 9.62 Å². The SMILES string of the molecule is Cc1ccc(S(=O)(=O)N2CC[C@H]3NC(=O)N(c4ccccc4)C(=O)[C@H]32)cc1. The molecule has 2 atom stereocenters. The number of para-hydroxylation sites is 1. The van der Waals surface area contributed by atoms with E-state index in [1.165, 1.54) is 4.31 Å². The fourth-order valence-electron chi connectivity index (χ4n) is 3.60. The lowest BCUT2D eigenvalue weighted by Crippen LogP contribution is -2.64. The van der Waals surface area contributed by atoms with Crippen LogP contribution < -0.4 is 10.2 Å². The van der Waals surface area contributed by atoms with Crippen LogP contribution in [0.25, 0.3) is 0 Å². The minimum atomic E-state index is -3.85. The molecule has 0 aliphatic carbocycles. The second kappa shape index (κ2) is 6.47. The summed E-state index contributed by atoms with van der Waals surface area (Å²) < 4.78 is 27.4. The Morgan fingerprint density at radius 2 is 1.67 bits per heavy atom. The van der Waals surface area contributed by atoms with Crippen molar-refractivity contribution in [2.45, 2.75) is 30.3 Å². The molecular weight excluding hydrogens is 366 g/mol. The fraction of sp³-hybridized carbons (Fsp3) is 0.263. The van der Waals surface area contributed by atoms with Crippen molar-refractivity contribution in [3.8, 4) is 0 Å². The molecule has 0 spiro atoms. The molecule has 3 amide bonds. The summed E-state index contributed by atoms with van der Waals surface area (Å²) >= 11 is 0. The predicted octanol–water partition coefficient (Wildman–Crippen LogP) is 1.88. The zero-order valence-corrected chi connectivity index (χ0v) is 15.5. The number of nitrogens with zero attached hydrogens (tertiary/aromatic N) is 2. The number of anilines is 1. The topological polar surface area (TPSA) is 86.8 Å². The van der Waals surface area contributed by atoms with Crippen molar-refractivity contribution in [3.63, 3.8) is 0 Å². The number of benzene rings is 2. The fourth-order valence-corrected chi connectivity index (χ4v) is 5.24. The number of aryl methyl sites for hydroxylation is 1. The molecule has 2 aromatic carbocycles. The molecule has 0 unspecified atom stereocenters. The Balaban J connectivity index is 1.70. The van der Waals surface area contributed by atoms with E-state index in [9.17, 15) is 18.0 Å². The first kappa shape index (κ1) is 17.7. The van der Waals surface area contributed by atoms with Crippen molar-refractivity contribution in [2.75, 3.05) is 11.4 Å². The van der Waals surface area contributed by atoms with E-state index in [0.717, 1.165) is 10.5 Å². The third-order valence-corrected chi connectivity index (χ3v) is 6.87. The molecule has 7 nitrogen and oxygen atoms in total. The van der Waals surface area contributed by atoms with Gasteiger partial charge in [-0.25, -0.2) is 18.1 Å². The van der Waals surface area contributed by atoms with Gasteiger partial charge in [-0.05, 0) is 37.6 Å². The van der Waals surface area contributed by atoms with Crippen molar-refractivity contribution in [3.05, 3.63) is 60.2 Å². The number of rotatable bonds is 3. The van der Waals surface area contributed by atoms with Crippen LogP contribution in [0.1, 0.15) is 12.0 Å².